The predicted octanol–water partition coefficient (Wildman–Crippen LogP) is 2.07. The van der Waals surface area contributed by atoms with E-state index in [1.54, 1.807) is 19.1 Å². The minimum Gasteiger partial charge on any atom is -0.463 e. The molecule has 29 heavy (non-hydrogen) atoms. The highest BCUT2D eigenvalue weighted by Gasteiger charge is 2.48. The summed E-state index contributed by atoms with van der Waals surface area (Å²) < 4.78 is 5.17. The van der Waals surface area contributed by atoms with Gasteiger partial charge in [-0.15, -0.1) is 0 Å². The summed E-state index contributed by atoms with van der Waals surface area (Å²) in [7, 11) is 0. The Hall–Kier alpha value is -3.33. The number of nitrogens with one attached hydrogen (secondary N) is 1. The van der Waals surface area contributed by atoms with E-state index in [9.17, 15) is 14.9 Å². The highest BCUT2D eigenvalue weighted by atomic mass is 35.5. The lowest BCUT2D eigenvalue weighted by molar-refractivity contribution is -0.432. The van der Waals surface area contributed by atoms with Crippen molar-refractivity contribution in [3.8, 4) is 0 Å². The molecule has 0 aliphatic carbocycles. The third kappa shape index (κ3) is 3.03. The molecule has 10 heteroatoms. The molecule has 0 spiro atoms. The van der Waals surface area contributed by atoms with E-state index >= 15 is 0 Å². The number of allylic oxidation sites excluding steroid dienone is 1. The summed E-state index contributed by atoms with van der Waals surface area (Å²) in [5.41, 5.74) is 7.04. The van der Waals surface area contributed by atoms with E-state index < -0.39 is 16.8 Å². The molecular formula is C19H18ClN5O4. The summed E-state index contributed by atoms with van der Waals surface area (Å²) in [6, 6.07) is 8.96. The number of aromatic nitrogens is 1. The monoisotopic (exact) mass is 415 g/mol. The number of carbonyl (C=O) groups is 1. The Kier molecular flexibility index (Phi) is 4.75. The van der Waals surface area contributed by atoms with E-state index in [4.69, 9.17) is 22.1 Å². The first kappa shape index (κ1) is 19.0. The first-order valence-electron chi connectivity index (χ1n) is 9.06. The maximum atomic E-state index is 12.8. The lowest BCUT2D eigenvalue weighted by Crippen LogP contribution is -2.38. The molecule has 1 aromatic carbocycles. The van der Waals surface area contributed by atoms with Gasteiger partial charge in [-0.25, -0.2) is 9.78 Å². The number of halogens is 1. The fourth-order valence-electron chi connectivity index (χ4n) is 3.77. The fraction of sp³-hybridized carbons (Fsp3) is 0.263. The van der Waals surface area contributed by atoms with Crippen LogP contribution in [0.4, 0.5) is 0 Å². The summed E-state index contributed by atoms with van der Waals surface area (Å²) in [6.07, 6.45) is 0. The lowest BCUT2D eigenvalue weighted by Gasteiger charge is -2.31. The number of nitrogens with two attached hydrogens (primary N) is 1. The van der Waals surface area contributed by atoms with Crippen LogP contribution in [0.15, 0.2) is 53.2 Å². The molecule has 4 rings (SSSR count). The minimum absolute atomic E-state index is 0.00928. The third-order valence-electron chi connectivity index (χ3n) is 4.98. The molecule has 1 unspecified atom stereocenters. The van der Waals surface area contributed by atoms with Crippen molar-refractivity contribution in [3.63, 3.8) is 0 Å². The molecule has 2 aromatic rings. The Morgan fingerprint density at radius 1 is 1.48 bits per heavy atom. The second-order valence-electron chi connectivity index (χ2n) is 6.58. The van der Waals surface area contributed by atoms with Gasteiger partial charge in [0.1, 0.15) is 16.9 Å². The maximum Gasteiger partial charge on any atom is 0.338 e. The number of hydrogen-bond acceptors (Lipinski definition) is 8. The molecule has 9 nitrogen and oxygen atoms in total. The summed E-state index contributed by atoms with van der Waals surface area (Å²) in [4.78, 5) is 30.3. The van der Waals surface area contributed by atoms with Crippen molar-refractivity contribution in [1.29, 1.82) is 0 Å². The molecule has 1 saturated heterocycles. The second kappa shape index (κ2) is 7.25. The van der Waals surface area contributed by atoms with Crippen LogP contribution >= 0.6 is 11.6 Å². The topological polar surface area (TPSA) is 124 Å². The standard InChI is InChI=1S/C19H18ClN5O4/c1-2-29-19(26)14-13(11-9-10-5-3-4-6-12(10)23-16(11)20)15(25(27)28)18-22-7-8-24(18)17(14)21/h3-6,9,13,22H,2,7-8,21H2,1H3. The van der Waals surface area contributed by atoms with Crippen LogP contribution in [0.25, 0.3) is 10.9 Å². The van der Waals surface area contributed by atoms with E-state index in [0.717, 1.165) is 5.39 Å². The largest absolute Gasteiger partial charge is 0.463 e. The van der Waals surface area contributed by atoms with Gasteiger partial charge in [0.05, 0.1) is 22.6 Å². The Balaban J connectivity index is 2.00. The average Bonchev–Trinajstić information content (AvgIpc) is 3.17. The molecule has 2 aliphatic heterocycles. The molecule has 1 atom stereocenters. The zero-order valence-corrected chi connectivity index (χ0v) is 16.3. The zero-order chi connectivity index (χ0) is 20.7. The van der Waals surface area contributed by atoms with E-state index in [-0.39, 0.29) is 34.7 Å². The van der Waals surface area contributed by atoms with Crippen LogP contribution in [0.1, 0.15) is 18.4 Å². The fourth-order valence-corrected chi connectivity index (χ4v) is 4.02. The Bertz CT molecular complexity index is 1100. The molecule has 0 saturated carbocycles. The predicted molar refractivity (Wildman–Crippen MR) is 106 cm³/mol. The number of esters is 1. The van der Waals surface area contributed by atoms with Crippen LogP contribution in [-0.2, 0) is 9.53 Å². The van der Waals surface area contributed by atoms with Crippen molar-refractivity contribution in [1.82, 2.24) is 15.2 Å². The molecule has 0 amide bonds. The Morgan fingerprint density at radius 2 is 2.24 bits per heavy atom. The molecule has 150 valence electrons. The Labute approximate surface area is 170 Å². The van der Waals surface area contributed by atoms with Crippen molar-refractivity contribution in [2.24, 2.45) is 5.73 Å². The van der Waals surface area contributed by atoms with Gasteiger partial charge in [0.15, 0.2) is 5.82 Å². The van der Waals surface area contributed by atoms with Gasteiger partial charge < -0.3 is 20.7 Å². The van der Waals surface area contributed by atoms with Gasteiger partial charge in [-0.1, -0.05) is 29.8 Å². The smallest absolute Gasteiger partial charge is 0.338 e. The first-order valence-corrected chi connectivity index (χ1v) is 9.43. The number of carbonyl (C=O) groups excluding carboxylic acids is 1. The normalized spacial score (nSPS) is 18.7. The molecule has 1 aromatic heterocycles. The molecular weight excluding hydrogens is 398 g/mol. The summed E-state index contributed by atoms with van der Waals surface area (Å²) in [5.74, 6) is -1.46. The van der Waals surface area contributed by atoms with Crippen molar-refractivity contribution in [2.75, 3.05) is 19.7 Å². The van der Waals surface area contributed by atoms with E-state index in [1.807, 2.05) is 18.2 Å². The lowest BCUT2D eigenvalue weighted by atomic mass is 9.85. The second-order valence-corrected chi connectivity index (χ2v) is 6.94. The number of para-hydroxylation sites is 1. The van der Waals surface area contributed by atoms with Gasteiger partial charge in [0, 0.05) is 24.0 Å². The number of ether oxygens (including phenoxy) is 1. The van der Waals surface area contributed by atoms with Crippen LogP contribution in [-0.4, -0.2) is 40.5 Å². The number of nitro groups is 1. The van der Waals surface area contributed by atoms with Crippen LogP contribution < -0.4 is 11.1 Å². The first-order chi connectivity index (χ1) is 13.9. The number of rotatable bonds is 4. The van der Waals surface area contributed by atoms with Crippen molar-refractivity contribution in [3.05, 3.63) is 74.1 Å². The number of pyridine rings is 1. The van der Waals surface area contributed by atoms with Gasteiger partial charge >= 0.3 is 5.97 Å². The van der Waals surface area contributed by atoms with Gasteiger partial charge in [-0.2, -0.15) is 0 Å². The van der Waals surface area contributed by atoms with E-state index in [0.29, 0.717) is 24.2 Å². The van der Waals surface area contributed by atoms with E-state index in [1.165, 1.54) is 4.90 Å². The average molecular weight is 416 g/mol. The van der Waals surface area contributed by atoms with Crippen LogP contribution in [0, 0.1) is 10.1 Å². The van der Waals surface area contributed by atoms with Crippen LogP contribution in [0.3, 0.4) is 0 Å². The van der Waals surface area contributed by atoms with Crippen LogP contribution in [0.2, 0.25) is 5.15 Å². The Morgan fingerprint density at radius 3 is 2.97 bits per heavy atom. The number of benzene rings is 1. The highest BCUT2D eigenvalue weighted by Crippen LogP contribution is 2.44. The molecule has 3 N–H and O–H groups in total. The minimum atomic E-state index is -1.12. The van der Waals surface area contributed by atoms with Gasteiger partial charge in [-0.05, 0) is 19.1 Å². The molecule has 0 bridgehead atoms. The van der Waals surface area contributed by atoms with Crippen molar-refractivity contribution in [2.45, 2.75) is 12.8 Å². The third-order valence-corrected chi connectivity index (χ3v) is 5.28. The SMILES string of the molecule is CCOC(=O)C1=C(N)N2CCNC2=C([N+](=O)[O-])C1c1cc2ccccc2nc1Cl. The van der Waals surface area contributed by atoms with Crippen LogP contribution in [0.5, 0.6) is 0 Å². The maximum absolute atomic E-state index is 12.8. The van der Waals surface area contributed by atoms with E-state index in [2.05, 4.69) is 10.3 Å². The van der Waals surface area contributed by atoms with Gasteiger partial charge in [0.25, 0.3) is 5.70 Å². The zero-order valence-electron chi connectivity index (χ0n) is 15.5. The molecule has 2 aliphatic rings. The van der Waals surface area contributed by atoms with Crippen molar-refractivity contribution < 1.29 is 14.5 Å². The molecule has 1 fully saturated rings. The quantitative estimate of drug-likeness (QED) is 0.336. The number of hydrogen-bond donors (Lipinski definition) is 2. The summed E-state index contributed by atoms with van der Waals surface area (Å²) >= 11 is 6.44. The number of fused-ring (bicyclic) bond motifs is 2. The van der Waals surface area contributed by atoms with Gasteiger partial charge in [-0.3, -0.25) is 10.1 Å². The van der Waals surface area contributed by atoms with Gasteiger partial charge in [0.2, 0.25) is 0 Å². The molecule has 3 heterocycles. The molecule has 0 radical (unpaired) electrons. The summed E-state index contributed by atoms with van der Waals surface area (Å²) in [5, 5.41) is 15.9. The number of nitrogens with zero attached hydrogens (tertiary/aromatic N) is 3. The van der Waals surface area contributed by atoms with Crippen molar-refractivity contribution >= 4 is 28.5 Å². The highest BCUT2D eigenvalue weighted by molar-refractivity contribution is 6.30. The summed E-state index contributed by atoms with van der Waals surface area (Å²) in [6.45, 7) is 2.62.